The maximum Gasteiger partial charge on any atom is 0.255 e. The number of rotatable bonds is 7. The Morgan fingerprint density at radius 3 is 2.17 bits per heavy atom. The van der Waals surface area contributed by atoms with Crippen LogP contribution in [-0.4, -0.2) is 20.2 Å². The van der Waals surface area contributed by atoms with E-state index in [-0.39, 0.29) is 17.0 Å². The number of nitrogens with two attached hydrogens (primary N) is 1. The predicted octanol–water partition coefficient (Wildman–Crippen LogP) is 2.82. The van der Waals surface area contributed by atoms with Crippen molar-refractivity contribution in [2.24, 2.45) is 5.73 Å². The number of anilines is 1. The molecule has 4 N–H and O–H groups in total. The van der Waals surface area contributed by atoms with Crippen molar-refractivity contribution in [2.75, 3.05) is 5.32 Å². The average molecular weight is 423 g/mol. The van der Waals surface area contributed by atoms with E-state index in [9.17, 15) is 18.0 Å². The van der Waals surface area contributed by atoms with Crippen LogP contribution in [-0.2, 0) is 16.6 Å². The van der Waals surface area contributed by atoms with E-state index in [0.717, 1.165) is 5.56 Å². The fourth-order valence-corrected chi connectivity index (χ4v) is 4.09. The van der Waals surface area contributed by atoms with Crippen LogP contribution in [0.4, 0.5) is 5.69 Å². The van der Waals surface area contributed by atoms with E-state index < -0.39 is 21.8 Å². The van der Waals surface area contributed by atoms with Gasteiger partial charge in [0.05, 0.1) is 4.90 Å². The van der Waals surface area contributed by atoms with Crippen LogP contribution in [0.15, 0.2) is 77.7 Å². The van der Waals surface area contributed by atoms with Crippen molar-refractivity contribution in [1.82, 2.24) is 4.72 Å². The quantitative estimate of drug-likeness (QED) is 0.541. The number of amides is 2. The highest BCUT2D eigenvalue weighted by atomic mass is 32.2. The van der Waals surface area contributed by atoms with Gasteiger partial charge in [0, 0.05) is 23.4 Å². The molecular weight excluding hydrogens is 402 g/mol. The van der Waals surface area contributed by atoms with E-state index in [0.29, 0.717) is 16.8 Å². The highest BCUT2D eigenvalue weighted by molar-refractivity contribution is 7.89. The molecule has 0 spiro atoms. The summed E-state index contributed by atoms with van der Waals surface area (Å²) in [6, 6.07) is 19.7. The van der Waals surface area contributed by atoms with Crippen molar-refractivity contribution in [3.63, 3.8) is 0 Å². The van der Waals surface area contributed by atoms with Crippen LogP contribution >= 0.6 is 0 Å². The van der Waals surface area contributed by atoms with Gasteiger partial charge in [-0.05, 0) is 54.4 Å². The highest BCUT2D eigenvalue weighted by Crippen LogP contribution is 2.19. The minimum Gasteiger partial charge on any atom is -0.366 e. The van der Waals surface area contributed by atoms with Crippen LogP contribution in [0.1, 0.15) is 31.8 Å². The summed E-state index contributed by atoms with van der Waals surface area (Å²) in [5, 5.41) is 2.67. The van der Waals surface area contributed by atoms with Crippen molar-refractivity contribution in [2.45, 2.75) is 18.4 Å². The van der Waals surface area contributed by atoms with Gasteiger partial charge in [-0.1, -0.05) is 36.4 Å². The van der Waals surface area contributed by atoms with Gasteiger partial charge >= 0.3 is 0 Å². The van der Waals surface area contributed by atoms with Crippen LogP contribution in [0.25, 0.3) is 0 Å². The maximum atomic E-state index is 12.8. The molecule has 0 aliphatic heterocycles. The lowest BCUT2D eigenvalue weighted by Gasteiger charge is -2.12. The fourth-order valence-electron chi connectivity index (χ4n) is 2.80. The summed E-state index contributed by atoms with van der Waals surface area (Å²) < 4.78 is 28.1. The van der Waals surface area contributed by atoms with Crippen LogP contribution in [0, 0.1) is 6.92 Å². The first-order valence-corrected chi connectivity index (χ1v) is 10.6. The van der Waals surface area contributed by atoms with Gasteiger partial charge in [-0.15, -0.1) is 0 Å². The van der Waals surface area contributed by atoms with E-state index in [2.05, 4.69) is 10.0 Å². The smallest absolute Gasteiger partial charge is 0.255 e. The second-order valence-corrected chi connectivity index (χ2v) is 8.42. The summed E-state index contributed by atoms with van der Waals surface area (Å²) in [6.45, 7) is 1.81. The van der Waals surface area contributed by atoms with E-state index in [1.165, 1.54) is 18.2 Å². The monoisotopic (exact) mass is 423 g/mol. The third-order valence-electron chi connectivity index (χ3n) is 4.48. The molecule has 154 valence electrons. The zero-order valence-electron chi connectivity index (χ0n) is 16.3. The first-order valence-electron chi connectivity index (χ1n) is 9.12. The van der Waals surface area contributed by atoms with Gasteiger partial charge in [0.25, 0.3) is 5.91 Å². The van der Waals surface area contributed by atoms with Gasteiger partial charge < -0.3 is 11.1 Å². The third-order valence-corrected chi connectivity index (χ3v) is 6.02. The molecule has 8 heteroatoms. The first kappa shape index (κ1) is 21.2. The van der Waals surface area contributed by atoms with E-state index in [4.69, 9.17) is 5.73 Å². The van der Waals surface area contributed by atoms with Gasteiger partial charge in [0.15, 0.2) is 0 Å². The van der Waals surface area contributed by atoms with Crippen LogP contribution < -0.4 is 15.8 Å². The molecule has 0 saturated carbocycles. The average Bonchev–Trinajstić information content (AvgIpc) is 2.73. The van der Waals surface area contributed by atoms with Gasteiger partial charge in [-0.25, -0.2) is 13.1 Å². The van der Waals surface area contributed by atoms with Gasteiger partial charge in [0.1, 0.15) is 0 Å². The molecule has 0 radical (unpaired) electrons. The Morgan fingerprint density at radius 1 is 0.900 bits per heavy atom. The lowest BCUT2D eigenvalue weighted by molar-refractivity contribution is 0.0998. The van der Waals surface area contributed by atoms with E-state index >= 15 is 0 Å². The summed E-state index contributed by atoms with van der Waals surface area (Å²) in [4.78, 5) is 23.8. The minimum absolute atomic E-state index is 0.0372. The van der Waals surface area contributed by atoms with E-state index in [1.54, 1.807) is 31.2 Å². The van der Waals surface area contributed by atoms with Crippen molar-refractivity contribution in [3.05, 3.63) is 95.1 Å². The number of nitrogens with one attached hydrogen (secondary N) is 2. The second-order valence-electron chi connectivity index (χ2n) is 6.69. The van der Waals surface area contributed by atoms with Crippen LogP contribution in [0.5, 0.6) is 0 Å². The Bertz CT molecular complexity index is 1170. The molecule has 0 saturated heterocycles. The predicted molar refractivity (Wildman–Crippen MR) is 115 cm³/mol. The Hall–Kier alpha value is -3.49. The first-order chi connectivity index (χ1) is 14.3. The van der Waals surface area contributed by atoms with Crippen LogP contribution in [0.2, 0.25) is 0 Å². The molecule has 3 rings (SSSR count). The molecule has 30 heavy (non-hydrogen) atoms. The zero-order valence-corrected chi connectivity index (χ0v) is 17.1. The number of aryl methyl sites for hydroxylation is 1. The number of sulfonamides is 1. The SMILES string of the molecule is Cc1ccc(C(=O)Nc2ccc(C(N)=O)cc2)cc1S(=O)(=O)NCc1ccccc1. The third kappa shape index (κ3) is 5.11. The number of primary amides is 1. The van der Waals surface area contributed by atoms with Crippen LogP contribution in [0.3, 0.4) is 0 Å². The lowest BCUT2D eigenvalue weighted by atomic mass is 10.1. The summed E-state index contributed by atoms with van der Waals surface area (Å²) in [6.07, 6.45) is 0. The Balaban J connectivity index is 1.78. The Labute approximate surface area is 175 Å². The summed E-state index contributed by atoms with van der Waals surface area (Å²) in [5.41, 5.74) is 7.52. The topological polar surface area (TPSA) is 118 Å². The summed E-state index contributed by atoms with van der Waals surface area (Å²) in [7, 11) is -3.81. The molecule has 0 unspecified atom stereocenters. The second kappa shape index (κ2) is 8.89. The zero-order chi connectivity index (χ0) is 21.7. The number of benzene rings is 3. The fraction of sp³-hybridized carbons (Fsp3) is 0.0909. The lowest BCUT2D eigenvalue weighted by Crippen LogP contribution is -2.24. The molecular formula is C22H21N3O4S. The molecule has 7 nitrogen and oxygen atoms in total. The van der Waals surface area contributed by atoms with E-state index in [1.807, 2.05) is 30.3 Å². The minimum atomic E-state index is -3.81. The summed E-state index contributed by atoms with van der Waals surface area (Å²) in [5.74, 6) is -1.04. The Kier molecular flexibility index (Phi) is 6.29. The molecule has 3 aromatic rings. The van der Waals surface area contributed by atoms with Gasteiger partial charge in [-0.3, -0.25) is 9.59 Å². The Morgan fingerprint density at radius 2 is 1.53 bits per heavy atom. The molecule has 0 bridgehead atoms. The molecule has 0 aliphatic carbocycles. The molecule has 0 aromatic heterocycles. The normalized spacial score (nSPS) is 11.1. The number of carbonyl (C=O) groups is 2. The highest BCUT2D eigenvalue weighted by Gasteiger charge is 2.19. The molecule has 0 aliphatic rings. The molecule has 0 atom stereocenters. The molecule has 2 amide bonds. The van der Waals surface area contributed by atoms with Crippen molar-refractivity contribution in [3.8, 4) is 0 Å². The van der Waals surface area contributed by atoms with Gasteiger partial charge in [-0.2, -0.15) is 0 Å². The van der Waals surface area contributed by atoms with Crippen molar-refractivity contribution < 1.29 is 18.0 Å². The largest absolute Gasteiger partial charge is 0.366 e. The van der Waals surface area contributed by atoms with Gasteiger partial charge in [0.2, 0.25) is 15.9 Å². The van der Waals surface area contributed by atoms with Crippen molar-refractivity contribution >= 4 is 27.5 Å². The number of hydrogen-bond acceptors (Lipinski definition) is 4. The molecule has 0 fully saturated rings. The summed E-state index contributed by atoms with van der Waals surface area (Å²) >= 11 is 0. The van der Waals surface area contributed by atoms with Crippen molar-refractivity contribution in [1.29, 1.82) is 0 Å². The number of hydrogen-bond donors (Lipinski definition) is 3. The maximum absolute atomic E-state index is 12.8. The molecule has 0 heterocycles. The number of carbonyl (C=O) groups excluding carboxylic acids is 2. The standard InChI is InChI=1S/C22H21N3O4S/c1-15-7-8-18(22(27)25-19-11-9-17(10-12-19)21(23)26)13-20(15)30(28,29)24-14-16-5-3-2-4-6-16/h2-13,24H,14H2,1H3,(H2,23,26)(H,25,27). The molecule has 3 aromatic carbocycles.